The Morgan fingerprint density at radius 1 is 1.00 bits per heavy atom. The van der Waals surface area contributed by atoms with Crippen molar-refractivity contribution >= 4 is 28.3 Å². The average Bonchev–Trinajstić information content (AvgIpc) is 3.06. The molecular formula is C19H18F3N3O2S. The Kier molecular flexibility index (Phi) is 4.88. The number of halogens is 3. The molecule has 1 saturated heterocycles. The molecule has 5 nitrogen and oxygen atoms in total. The van der Waals surface area contributed by atoms with Crippen LogP contribution in [-0.2, 0) is 28.4 Å². The summed E-state index contributed by atoms with van der Waals surface area (Å²) in [5, 5.41) is 2.74. The molecule has 1 N–H and O–H groups in total. The highest BCUT2D eigenvalue weighted by molar-refractivity contribution is 7.82. The Bertz CT molecular complexity index is 940. The van der Waals surface area contributed by atoms with Crippen LogP contribution in [0.5, 0.6) is 0 Å². The minimum absolute atomic E-state index is 0.0763. The van der Waals surface area contributed by atoms with Gasteiger partial charge in [-0.15, -0.1) is 0 Å². The molecule has 9 heteroatoms. The molecule has 0 saturated carbocycles. The highest BCUT2D eigenvalue weighted by Gasteiger charge is 2.31. The number of nitrogens with one attached hydrogen (secondary N) is 1. The molecule has 1 fully saturated rings. The number of alkyl halides is 3. The first-order valence-electron chi connectivity index (χ1n) is 8.83. The standard InChI is InChI=1S/C19H18F3N3O2S/c20-19(21,22)14-2-1-3-15(12-14)24-6-8-25(9-7-24)28(27)16-4-5-17-13(10-16)11-18(26)23-17/h1-5,10,12H,6-9,11H2,(H,23,26). The quantitative estimate of drug-likeness (QED) is 0.848. The zero-order valence-corrected chi connectivity index (χ0v) is 15.6. The van der Waals surface area contributed by atoms with Crippen molar-refractivity contribution in [1.82, 2.24) is 4.31 Å². The van der Waals surface area contributed by atoms with E-state index in [1.165, 1.54) is 6.07 Å². The summed E-state index contributed by atoms with van der Waals surface area (Å²) in [6.07, 6.45) is -4.09. The highest BCUT2D eigenvalue weighted by atomic mass is 32.2. The van der Waals surface area contributed by atoms with Crippen LogP contribution in [0.3, 0.4) is 0 Å². The number of amides is 1. The lowest BCUT2D eigenvalue weighted by atomic mass is 10.1. The number of anilines is 2. The molecule has 2 heterocycles. The Balaban J connectivity index is 1.43. The average molecular weight is 409 g/mol. The van der Waals surface area contributed by atoms with Crippen LogP contribution in [0.4, 0.5) is 24.5 Å². The van der Waals surface area contributed by atoms with Crippen molar-refractivity contribution in [1.29, 1.82) is 0 Å². The third-order valence-electron chi connectivity index (χ3n) is 4.92. The summed E-state index contributed by atoms with van der Waals surface area (Å²) in [6.45, 7) is 1.91. The van der Waals surface area contributed by atoms with Crippen LogP contribution < -0.4 is 10.2 Å². The van der Waals surface area contributed by atoms with Gasteiger partial charge in [0.2, 0.25) is 5.91 Å². The van der Waals surface area contributed by atoms with E-state index in [0.29, 0.717) is 36.8 Å². The number of hydrogen-bond donors (Lipinski definition) is 1. The summed E-state index contributed by atoms with van der Waals surface area (Å²) in [7, 11) is -1.38. The summed E-state index contributed by atoms with van der Waals surface area (Å²) in [6, 6.07) is 10.5. The fourth-order valence-corrected chi connectivity index (χ4v) is 4.68. The molecule has 2 aromatic carbocycles. The first kappa shape index (κ1) is 18.9. The van der Waals surface area contributed by atoms with E-state index in [-0.39, 0.29) is 12.3 Å². The van der Waals surface area contributed by atoms with E-state index in [1.54, 1.807) is 28.6 Å². The molecule has 0 aliphatic carbocycles. The van der Waals surface area contributed by atoms with Gasteiger partial charge in [-0.25, -0.2) is 8.51 Å². The lowest BCUT2D eigenvalue weighted by molar-refractivity contribution is -0.137. The number of fused-ring (bicyclic) bond motifs is 1. The third-order valence-corrected chi connectivity index (χ3v) is 6.41. The number of nitrogens with zero attached hydrogens (tertiary/aromatic N) is 2. The first-order valence-corrected chi connectivity index (χ1v) is 9.94. The van der Waals surface area contributed by atoms with E-state index in [4.69, 9.17) is 0 Å². The Labute approximate surface area is 162 Å². The van der Waals surface area contributed by atoms with Gasteiger partial charge in [-0.05, 0) is 42.0 Å². The molecule has 0 aromatic heterocycles. The smallest absolute Gasteiger partial charge is 0.369 e. The van der Waals surface area contributed by atoms with Crippen LogP contribution in [0, 0.1) is 0 Å². The van der Waals surface area contributed by atoms with Gasteiger partial charge in [0.15, 0.2) is 0 Å². The molecule has 2 aliphatic heterocycles. The SMILES string of the molecule is O=C1Cc2cc(S(=O)N3CCN(c4cccc(C(F)(F)F)c4)CC3)ccc2N1. The maximum atomic E-state index is 12.9. The van der Waals surface area contributed by atoms with Crippen LogP contribution >= 0.6 is 0 Å². The molecule has 1 atom stereocenters. The Hall–Kier alpha value is -2.39. The number of hydrogen-bond acceptors (Lipinski definition) is 3. The van der Waals surface area contributed by atoms with Gasteiger partial charge in [0.05, 0.1) is 16.9 Å². The summed E-state index contributed by atoms with van der Waals surface area (Å²) < 4.78 is 53.4. The molecule has 2 aliphatic rings. The fourth-order valence-electron chi connectivity index (χ4n) is 3.45. The van der Waals surface area contributed by atoms with Gasteiger partial charge in [-0.1, -0.05) is 6.07 Å². The van der Waals surface area contributed by atoms with Gasteiger partial charge < -0.3 is 10.2 Å². The molecule has 28 heavy (non-hydrogen) atoms. The van der Waals surface area contributed by atoms with Crippen LogP contribution in [0.15, 0.2) is 47.4 Å². The summed E-state index contributed by atoms with van der Waals surface area (Å²) in [5.74, 6) is -0.0763. The first-order chi connectivity index (χ1) is 13.3. The van der Waals surface area contributed by atoms with Gasteiger partial charge in [-0.3, -0.25) is 4.79 Å². The van der Waals surface area contributed by atoms with E-state index in [0.717, 1.165) is 23.4 Å². The zero-order chi connectivity index (χ0) is 19.9. The van der Waals surface area contributed by atoms with Gasteiger partial charge in [0, 0.05) is 37.6 Å². The van der Waals surface area contributed by atoms with E-state index in [1.807, 2.05) is 4.90 Å². The van der Waals surface area contributed by atoms with Crippen molar-refractivity contribution in [3.8, 4) is 0 Å². The van der Waals surface area contributed by atoms with Crippen molar-refractivity contribution < 1.29 is 22.2 Å². The number of rotatable bonds is 3. The predicted octanol–water partition coefficient (Wildman–Crippen LogP) is 3.04. The molecule has 0 radical (unpaired) electrons. The number of benzene rings is 2. The van der Waals surface area contributed by atoms with Gasteiger partial charge in [0.25, 0.3) is 0 Å². The molecule has 148 valence electrons. The van der Waals surface area contributed by atoms with E-state index < -0.39 is 22.7 Å². The predicted molar refractivity (Wildman–Crippen MR) is 100 cm³/mol. The minimum Gasteiger partial charge on any atom is -0.369 e. The van der Waals surface area contributed by atoms with Gasteiger partial charge in [-0.2, -0.15) is 13.2 Å². The van der Waals surface area contributed by atoms with Crippen molar-refractivity contribution in [3.63, 3.8) is 0 Å². The van der Waals surface area contributed by atoms with E-state index in [9.17, 15) is 22.2 Å². The zero-order valence-electron chi connectivity index (χ0n) is 14.8. The van der Waals surface area contributed by atoms with E-state index in [2.05, 4.69) is 5.32 Å². The number of piperazine rings is 1. The maximum absolute atomic E-state index is 12.9. The van der Waals surface area contributed by atoms with Gasteiger partial charge >= 0.3 is 6.18 Å². The number of carbonyl (C=O) groups excluding carboxylic acids is 1. The maximum Gasteiger partial charge on any atom is 0.416 e. The van der Waals surface area contributed by atoms with Crippen molar-refractivity contribution in [2.45, 2.75) is 17.5 Å². The number of carbonyl (C=O) groups is 1. The van der Waals surface area contributed by atoms with Gasteiger partial charge in [0.1, 0.15) is 11.0 Å². The summed E-state index contributed by atoms with van der Waals surface area (Å²) in [4.78, 5) is 14.0. The molecule has 1 amide bonds. The lowest BCUT2D eigenvalue weighted by Crippen LogP contribution is -2.47. The fraction of sp³-hybridized carbons (Fsp3) is 0.316. The van der Waals surface area contributed by atoms with Crippen molar-refractivity contribution in [2.24, 2.45) is 0 Å². The largest absolute Gasteiger partial charge is 0.416 e. The lowest BCUT2D eigenvalue weighted by Gasteiger charge is -2.35. The second kappa shape index (κ2) is 7.21. The Morgan fingerprint density at radius 3 is 2.46 bits per heavy atom. The van der Waals surface area contributed by atoms with E-state index >= 15 is 0 Å². The molecule has 1 unspecified atom stereocenters. The third kappa shape index (κ3) is 3.77. The molecule has 4 rings (SSSR count). The second-order valence-electron chi connectivity index (χ2n) is 6.76. The molecule has 0 bridgehead atoms. The Morgan fingerprint density at radius 2 is 1.75 bits per heavy atom. The van der Waals surface area contributed by atoms with Crippen LogP contribution in [0.25, 0.3) is 0 Å². The molecule has 0 spiro atoms. The molecule has 2 aromatic rings. The molecular weight excluding hydrogens is 391 g/mol. The topological polar surface area (TPSA) is 52.7 Å². The normalized spacial score (nSPS) is 18.7. The van der Waals surface area contributed by atoms with Crippen LogP contribution in [0.2, 0.25) is 0 Å². The van der Waals surface area contributed by atoms with Crippen LogP contribution in [-0.4, -0.2) is 40.6 Å². The second-order valence-corrected chi connectivity index (χ2v) is 8.24. The van der Waals surface area contributed by atoms with Crippen LogP contribution in [0.1, 0.15) is 11.1 Å². The van der Waals surface area contributed by atoms with Crippen molar-refractivity contribution in [3.05, 3.63) is 53.6 Å². The minimum atomic E-state index is -4.37. The monoisotopic (exact) mass is 409 g/mol. The summed E-state index contributed by atoms with van der Waals surface area (Å²) >= 11 is 0. The highest BCUT2D eigenvalue weighted by Crippen LogP contribution is 2.32. The van der Waals surface area contributed by atoms with Crippen molar-refractivity contribution in [2.75, 3.05) is 36.4 Å². The summed E-state index contributed by atoms with van der Waals surface area (Å²) in [5.41, 5.74) is 1.43.